The molecule has 10 heteroatoms. The summed E-state index contributed by atoms with van der Waals surface area (Å²) in [5.41, 5.74) is 13.1. The van der Waals surface area contributed by atoms with Gasteiger partial charge in [-0.15, -0.1) is 0 Å². The summed E-state index contributed by atoms with van der Waals surface area (Å²) in [6.07, 6.45) is 5.02. The number of carbonyl (C=O) groups is 1. The number of hydrogen-bond donors (Lipinski definition) is 3. The number of aliphatic imine (C=N–C) groups is 1. The normalized spacial score (nSPS) is 14.0. The highest BCUT2D eigenvalue weighted by atomic mass is 16.5. The molecule has 1 aliphatic rings. The molecule has 0 saturated carbocycles. The van der Waals surface area contributed by atoms with Gasteiger partial charge in [0, 0.05) is 31.3 Å². The Bertz CT molecular complexity index is 490. The monoisotopic (exact) mass is 355 g/mol. The maximum absolute atomic E-state index is 11.8. The predicted octanol–water partition coefficient (Wildman–Crippen LogP) is -0.221. The van der Waals surface area contributed by atoms with E-state index in [1.165, 1.54) is 0 Å². The van der Waals surface area contributed by atoms with E-state index in [-0.39, 0.29) is 5.91 Å². The maximum atomic E-state index is 11.8. The number of nitrogens with one attached hydrogen (secondary N) is 2. The summed E-state index contributed by atoms with van der Waals surface area (Å²) < 4.78 is 15.9. The van der Waals surface area contributed by atoms with E-state index in [1.54, 1.807) is 6.21 Å². The highest BCUT2D eigenvalue weighted by Gasteiger charge is 2.15. The molecule has 0 unspecified atom stereocenters. The average Bonchev–Trinajstić information content (AvgIpc) is 3.11. The van der Waals surface area contributed by atoms with Crippen molar-refractivity contribution in [2.24, 2.45) is 15.8 Å². The molecule has 1 amide bonds. The van der Waals surface area contributed by atoms with E-state index in [1.807, 2.05) is 6.08 Å². The van der Waals surface area contributed by atoms with Crippen molar-refractivity contribution in [3.63, 3.8) is 0 Å². The molecule has 0 aromatic heterocycles. The van der Waals surface area contributed by atoms with Gasteiger partial charge in [-0.25, -0.2) is 0 Å². The lowest BCUT2D eigenvalue weighted by atomic mass is 10.1. The summed E-state index contributed by atoms with van der Waals surface area (Å²) >= 11 is 0. The zero-order valence-corrected chi connectivity index (χ0v) is 14.4. The SMILES string of the molecule is N=[N+]=NCCOCCOCCOCCNC(=O)[C@@H](N)CC1=CCC=N1. The zero-order valence-electron chi connectivity index (χ0n) is 14.4. The quantitative estimate of drug-likeness (QED) is 0.211. The lowest BCUT2D eigenvalue weighted by Gasteiger charge is -2.12. The standard InChI is InChI=1S/C15H26N6O4/c16-14(12-13-2-1-3-18-13)15(22)19-4-6-23-8-10-25-11-9-24-7-5-20-21-17/h2-3,14,17H,1,4-12,16H2/p+1/t14-/m0/s1. The van der Waals surface area contributed by atoms with Crippen molar-refractivity contribution in [1.29, 1.82) is 5.53 Å². The molecule has 0 saturated heterocycles. The molecule has 0 fully saturated rings. The van der Waals surface area contributed by atoms with Gasteiger partial charge in [0.2, 0.25) is 10.8 Å². The first-order chi connectivity index (χ1) is 12.2. The van der Waals surface area contributed by atoms with E-state index in [0.717, 1.165) is 12.1 Å². The fourth-order valence-corrected chi connectivity index (χ4v) is 1.94. The summed E-state index contributed by atoms with van der Waals surface area (Å²) in [7, 11) is 0. The third kappa shape index (κ3) is 11.2. The third-order valence-electron chi connectivity index (χ3n) is 3.18. The molecule has 0 bridgehead atoms. The van der Waals surface area contributed by atoms with Crippen LogP contribution in [0.5, 0.6) is 0 Å². The van der Waals surface area contributed by atoms with Crippen LogP contribution in [0, 0.1) is 5.53 Å². The van der Waals surface area contributed by atoms with Crippen molar-refractivity contribution in [2.75, 3.05) is 52.7 Å². The van der Waals surface area contributed by atoms with Crippen molar-refractivity contribution in [3.05, 3.63) is 11.8 Å². The van der Waals surface area contributed by atoms with Crippen LogP contribution in [-0.2, 0) is 19.0 Å². The minimum absolute atomic E-state index is 0.204. The summed E-state index contributed by atoms with van der Waals surface area (Å²) in [5, 5.41) is 6.19. The molecular formula is C15H27N6O4+. The van der Waals surface area contributed by atoms with E-state index in [9.17, 15) is 4.79 Å². The van der Waals surface area contributed by atoms with E-state index in [4.69, 9.17) is 25.5 Å². The first-order valence-electron chi connectivity index (χ1n) is 8.25. The van der Waals surface area contributed by atoms with E-state index < -0.39 is 6.04 Å². The van der Waals surface area contributed by atoms with Crippen LogP contribution in [0.4, 0.5) is 0 Å². The van der Waals surface area contributed by atoms with Crippen LogP contribution in [0.3, 0.4) is 0 Å². The van der Waals surface area contributed by atoms with E-state index in [2.05, 4.69) is 20.3 Å². The Morgan fingerprint density at radius 2 is 1.96 bits per heavy atom. The van der Waals surface area contributed by atoms with E-state index >= 15 is 0 Å². The molecule has 0 aliphatic carbocycles. The molecule has 1 heterocycles. The van der Waals surface area contributed by atoms with Crippen molar-refractivity contribution in [3.8, 4) is 0 Å². The molecular weight excluding hydrogens is 328 g/mol. The van der Waals surface area contributed by atoms with Gasteiger partial charge in [-0.1, -0.05) is 6.08 Å². The predicted molar refractivity (Wildman–Crippen MR) is 91.4 cm³/mol. The lowest BCUT2D eigenvalue weighted by Crippen LogP contribution is -2.42. The Hall–Kier alpha value is -1.97. The number of carbonyl (C=O) groups excluding carboxylic acids is 1. The molecule has 10 nitrogen and oxygen atoms in total. The summed E-state index contributed by atoms with van der Waals surface area (Å²) in [5.74, 6) is -0.204. The van der Waals surface area contributed by atoms with Crippen molar-refractivity contribution < 1.29 is 19.0 Å². The molecule has 1 aliphatic heterocycles. The number of nitrogens with two attached hydrogens (primary N) is 1. The number of ether oxygens (including phenoxy) is 3. The number of hydrogen-bond acceptors (Lipinski definition) is 8. The Morgan fingerprint density at radius 3 is 2.60 bits per heavy atom. The number of allylic oxidation sites excluding steroid dienone is 1. The highest BCUT2D eigenvalue weighted by molar-refractivity contribution is 5.82. The van der Waals surface area contributed by atoms with Crippen molar-refractivity contribution in [2.45, 2.75) is 18.9 Å². The average molecular weight is 355 g/mol. The van der Waals surface area contributed by atoms with Gasteiger partial charge in [0.25, 0.3) is 0 Å². The van der Waals surface area contributed by atoms with Gasteiger partial charge in [-0.3, -0.25) is 9.79 Å². The molecule has 0 aromatic rings. The second-order valence-corrected chi connectivity index (χ2v) is 5.15. The van der Waals surface area contributed by atoms with Crippen molar-refractivity contribution in [1.82, 2.24) is 10.2 Å². The van der Waals surface area contributed by atoms with Crippen LogP contribution in [-0.4, -0.2) is 70.9 Å². The fourth-order valence-electron chi connectivity index (χ4n) is 1.94. The molecule has 4 N–H and O–H groups in total. The van der Waals surface area contributed by atoms with Crippen LogP contribution in [0.25, 0.3) is 0 Å². The lowest BCUT2D eigenvalue weighted by molar-refractivity contribution is -0.122. The smallest absolute Gasteiger partial charge is 0.237 e. The maximum Gasteiger partial charge on any atom is 0.237 e. The van der Waals surface area contributed by atoms with Gasteiger partial charge in [-0.05, 0) is 0 Å². The Balaban J connectivity index is 1.85. The number of rotatable bonds is 15. The molecule has 25 heavy (non-hydrogen) atoms. The first-order valence-corrected chi connectivity index (χ1v) is 8.25. The van der Waals surface area contributed by atoms with Gasteiger partial charge in [0.05, 0.1) is 45.7 Å². The first kappa shape index (κ1) is 21.1. The van der Waals surface area contributed by atoms with Gasteiger partial charge in [-0.2, -0.15) is 0 Å². The Kier molecular flexibility index (Phi) is 12.1. The third-order valence-corrected chi connectivity index (χ3v) is 3.18. The zero-order chi connectivity index (χ0) is 18.2. The number of amides is 1. The van der Waals surface area contributed by atoms with Gasteiger partial charge in [0.1, 0.15) is 17.2 Å². The van der Waals surface area contributed by atoms with Crippen LogP contribution >= 0.6 is 0 Å². The molecule has 0 aromatic carbocycles. The van der Waals surface area contributed by atoms with Gasteiger partial charge in [0.15, 0.2) is 0 Å². The van der Waals surface area contributed by atoms with Gasteiger partial charge >= 0.3 is 0 Å². The molecule has 1 rings (SSSR count). The van der Waals surface area contributed by atoms with Crippen LogP contribution < -0.4 is 16.0 Å². The minimum atomic E-state index is -0.590. The minimum Gasteiger partial charge on any atom is -0.377 e. The van der Waals surface area contributed by atoms with Crippen LogP contribution in [0.2, 0.25) is 0 Å². The Labute approximate surface area is 147 Å². The van der Waals surface area contributed by atoms with Crippen molar-refractivity contribution >= 4 is 12.1 Å². The molecule has 140 valence electrons. The van der Waals surface area contributed by atoms with Crippen LogP contribution in [0.15, 0.2) is 21.9 Å². The molecule has 0 spiro atoms. The summed E-state index contributed by atoms with van der Waals surface area (Å²) in [6, 6.07) is -0.590. The molecule has 1 atom stereocenters. The van der Waals surface area contributed by atoms with E-state index in [0.29, 0.717) is 59.2 Å². The largest absolute Gasteiger partial charge is 0.377 e. The second-order valence-electron chi connectivity index (χ2n) is 5.15. The fraction of sp³-hybridized carbons (Fsp3) is 0.733. The summed E-state index contributed by atoms with van der Waals surface area (Å²) in [6.45, 7) is 3.43. The van der Waals surface area contributed by atoms with Crippen LogP contribution in [0.1, 0.15) is 12.8 Å². The number of nitrogens with zero attached hydrogens (tertiary/aromatic N) is 3. The molecule has 0 radical (unpaired) electrons. The topological polar surface area (TPSA) is 145 Å². The second kappa shape index (κ2) is 14.4. The summed E-state index contributed by atoms with van der Waals surface area (Å²) in [4.78, 5) is 18.8. The highest BCUT2D eigenvalue weighted by Crippen LogP contribution is 2.11. The Morgan fingerprint density at radius 1 is 1.28 bits per heavy atom. The van der Waals surface area contributed by atoms with Gasteiger partial charge < -0.3 is 25.3 Å².